The minimum Gasteiger partial charge on any atom is -0.465 e. The molecule has 0 spiro atoms. The van der Waals surface area contributed by atoms with Gasteiger partial charge in [0.25, 0.3) is 0 Å². The van der Waals surface area contributed by atoms with Gasteiger partial charge in [-0.25, -0.2) is 4.79 Å². The van der Waals surface area contributed by atoms with Gasteiger partial charge in [0.2, 0.25) is 0 Å². The average Bonchev–Trinajstić information content (AvgIpc) is 2.98. The second kappa shape index (κ2) is 6.84. The van der Waals surface area contributed by atoms with Crippen LogP contribution in [-0.2, 0) is 0 Å². The van der Waals surface area contributed by atoms with Crippen LogP contribution < -0.4 is 4.90 Å². The maximum absolute atomic E-state index is 11.9. The number of para-hydroxylation sites is 1. The topological polar surface area (TPSA) is 43.8 Å². The molecule has 0 bridgehead atoms. The molecule has 1 N–H and O–H groups in total. The zero-order chi connectivity index (χ0) is 16.2. The van der Waals surface area contributed by atoms with Gasteiger partial charge < -0.3 is 10.0 Å². The van der Waals surface area contributed by atoms with Crippen molar-refractivity contribution in [3.63, 3.8) is 0 Å². The highest BCUT2D eigenvalue weighted by atomic mass is 16.4. The van der Waals surface area contributed by atoms with E-state index in [-0.39, 0.29) is 6.04 Å². The molecule has 4 heteroatoms. The summed E-state index contributed by atoms with van der Waals surface area (Å²) in [5, 5.41) is 9.75. The molecule has 1 atom stereocenters. The van der Waals surface area contributed by atoms with E-state index in [0.717, 1.165) is 36.2 Å². The number of hydrogen-bond acceptors (Lipinski definition) is 2. The monoisotopic (exact) mass is 310 g/mol. The number of carboxylic acid groups (broad SMARTS) is 1. The molecule has 120 valence electrons. The Bertz CT molecular complexity index is 672. The van der Waals surface area contributed by atoms with E-state index in [1.54, 1.807) is 0 Å². The van der Waals surface area contributed by atoms with Crippen LogP contribution in [0.15, 0.2) is 54.6 Å². The zero-order valence-electron chi connectivity index (χ0n) is 13.4. The number of anilines is 1. The van der Waals surface area contributed by atoms with Gasteiger partial charge in [-0.05, 0) is 38.1 Å². The Balaban J connectivity index is 1.95. The Labute approximate surface area is 137 Å². The molecule has 1 heterocycles. The molecule has 1 saturated heterocycles. The van der Waals surface area contributed by atoms with Crippen molar-refractivity contribution in [1.29, 1.82) is 0 Å². The molecule has 1 aliphatic heterocycles. The molecule has 1 amide bonds. The molecular weight excluding hydrogens is 288 g/mol. The van der Waals surface area contributed by atoms with Crippen molar-refractivity contribution < 1.29 is 9.90 Å². The second-order valence-electron chi connectivity index (χ2n) is 6.05. The Morgan fingerprint density at radius 2 is 1.87 bits per heavy atom. The number of carbonyl (C=O) groups is 1. The number of likely N-dealkylation sites (tertiary alicyclic amines) is 1. The number of likely N-dealkylation sites (N-methyl/N-ethyl adjacent to an activating group) is 1. The summed E-state index contributed by atoms with van der Waals surface area (Å²) >= 11 is 0. The average molecular weight is 310 g/mol. The van der Waals surface area contributed by atoms with Gasteiger partial charge in [-0.15, -0.1) is 0 Å². The van der Waals surface area contributed by atoms with Gasteiger partial charge in [-0.2, -0.15) is 0 Å². The Kier molecular flexibility index (Phi) is 4.63. The van der Waals surface area contributed by atoms with E-state index >= 15 is 0 Å². The summed E-state index contributed by atoms with van der Waals surface area (Å²) in [5.41, 5.74) is 2.75. The lowest BCUT2D eigenvalue weighted by atomic mass is 10.0. The van der Waals surface area contributed by atoms with Gasteiger partial charge in [0.1, 0.15) is 0 Å². The van der Waals surface area contributed by atoms with Crippen LogP contribution in [0.1, 0.15) is 12.8 Å². The van der Waals surface area contributed by atoms with E-state index in [9.17, 15) is 9.90 Å². The van der Waals surface area contributed by atoms with Gasteiger partial charge in [0, 0.05) is 18.2 Å². The highest BCUT2D eigenvalue weighted by Crippen LogP contribution is 2.31. The first kappa shape index (κ1) is 15.6. The van der Waals surface area contributed by atoms with E-state index in [4.69, 9.17) is 0 Å². The predicted octanol–water partition coefficient (Wildman–Crippen LogP) is 3.93. The van der Waals surface area contributed by atoms with E-state index in [1.165, 1.54) is 4.90 Å². The van der Waals surface area contributed by atoms with Crippen molar-refractivity contribution in [1.82, 2.24) is 4.90 Å². The molecule has 0 aromatic heterocycles. The first-order chi connectivity index (χ1) is 11.2. The fourth-order valence-electron chi connectivity index (χ4n) is 3.27. The van der Waals surface area contributed by atoms with Crippen LogP contribution in [-0.4, -0.2) is 42.3 Å². The van der Waals surface area contributed by atoms with Gasteiger partial charge in [-0.3, -0.25) is 4.90 Å². The van der Waals surface area contributed by atoms with Crippen molar-refractivity contribution in [2.24, 2.45) is 0 Å². The van der Waals surface area contributed by atoms with Gasteiger partial charge in [-0.1, -0.05) is 48.5 Å². The lowest BCUT2D eigenvalue weighted by molar-refractivity contribution is 0.198. The Morgan fingerprint density at radius 3 is 2.52 bits per heavy atom. The molecular formula is C19H22N2O2. The minimum absolute atomic E-state index is 0.287. The SMILES string of the molecule is CN1CCC[C@@H]1CN(C(=O)O)c1ccccc1-c1ccccc1. The third-order valence-electron chi connectivity index (χ3n) is 4.58. The second-order valence-corrected chi connectivity index (χ2v) is 6.05. The molecule has 23 heavy (non-hydrogen) atoms. The van der Waals surface area contributed by atoms with E-state index in [2.05, 4.69) is 11.9 Å². The van der Waals surface area contributed by atoms with Crippen LogP contribution in [0.25, 0.3) is 11.1 Å². The summed E-state index contributed by atoms with van der Waals surface area (Å²) < 4.78 is 0. The largest absolute Gasteiger partial charge is 0.465 e. The van der Waals surface area contributed by atoms with Crippen LogP contribution >= 0.6 is 0 Å². The maximum Gasteiger partial charge on any atom is 0.411 e. The summed E-state index contributed by atoms with van der Waals surface area (Å²) in [6.07, 6.45) is 1.29. The predicted molar refractivity (Wildman–Crippen MR) is 92.9 cm³/mol. The van der Waals surface area contributed by atoms with Gasteiger partial charge >= 0.3 is 6.09 Å². The molecule has 0 aliphatic carbocycles. The molecule has 1 aliphatic rings. The van der Waals surface area contributed by atoms with Crippen molar-refractivity contribution >= 4 is 11.8 Å². The summed E-state index contributed by atoms with van der Waals surface area (Å²) in [4.78, 5) is 15.6. The quantitative estimate of drug-likeness (QED) is 0.930. The minimum atomic E-state index is -0.895. The first-order valence-corrected chi connectivity index (χ1v) is 8.02. The van der Waals surface area contributed by atoms with E-state index in [1.807, 2.05) is 54.6 Å². The van der Waals surface area contributed by atoms with Crippen LogP contribution in [0.3, 0.4) is 0 Å². The van der Waals surface area contributed by atoms with E-state index in [0.29, 0.717) is 6.54 Å². The molecule has 0 saturated carbocycles. The third kappa shape index (κ3) is 3.37. The fraction of sp³-hybridized carbons (Fsp3) is 0.316. The number of amides is 1. The molecule has 1 fully saturated rings. The molecule has 0 radical (unpaired) electrons. The fourth-order valence-corrected chi connectivity index (χ4v) is 3.27. The summed E-state index contributed by atoms with van der Waals surface area (Å²) in [7, 11) is 2.07. The van der Waals surface area contributed by atoms with Crippen molar-refractivity contribution in [3.05, 3.63) is 54.6 Å². The smallest absolute Gasteiger partial charge is 0.411 e. The van der Waals surface area contributed by atoms with Crippen LogP contribution in [0.4, 0.5) is 10.5 Å². The zero-order valence-corrected chi connectivity index (χ0v) is 13.4. The first-order valence-electron chi connectivity index (χ1n) is 8.02. The molecule has 4 nitrogen and oxygen atoms in total. The number of benzene rings is 2. The van der Waals surface area contributed by atoms with Crippen molar-refractivity contribution in [3.8, 4) is 11.1 Å². The summed E-state index contributed by atoms with van der Waals surface area (Å²) in [5.74, 6) is 0. The Hall–Kier alpha value is -2.33. The van der Waals surface area contributed by atoms with Crippen LogP contribution in [0.2, 0.25) is 0 Å². The van der Waals surface area contributed by atoms with Crippen LogP contribution in [0, 0.1) is 0 Å². The van der Waals surface area contributed by atoms with Crippen molar-refractivity contribution in [2.75, 3.05) is 25.0 Å². The van der Waals surface area contributed by atoms with Gasteiger partial charge in [0.15, 0.2) is 0 Å². The molecule has 0 unspecified atom stereocenters. The van der Waals surface area contributed by atoms with Crippen molar-refractivity contribution in [2.45, 2.75) is 18.9 Å². The Morgan fingerprint density at radius 1 is 1.17 bits per heavy atom. The lowest BCUT2D eigenvalue weighted by Crippen LogP contribution is -2.41. The standard InChI is InChI=1S/C19H22N2O2/c1-20-13-7-10-16(20)14-21(19(22)23)18-12-6-5-11-17(18)15-8-3-2-4-9-15/h2-6,8-9,11-12,16H,7,10,13-14H2,1H3,(H,22,23)/t16-/m1/s1. The highest BCUT2D eigenvalue weighted by Gasteiger charge is 2.27. The lowest BCUT2D eigenvalue weighted by Gasteiger charge is -2.28. The molecule has 3 rings (SSSR count). The third-order valence-corrected chi connectivity index (χ3v) is 4.58. The molecule has 2 aromatic rings. The normalized spacial score (nSPS) is 18.0. The maximum atomic E-state index is 11.9. The van der Waals surface area contributed by atoms with E-state index < -0.39 is 6.09 Å². The number of hydrogen-bond donors (Lipinski definition) is 1. The highest BCUT2D eigenvalue weighted by molar-refractivity contribution is 5.92. The molecule has 2 aromatic carbocycles. The van der Waals surface area contributed by atoms with Gasteiger partial charge in [0.05, 0.1) is 5.69 Å². The summed E-state index contributed by atoms with van der Waals surface area (Å²) in [6.45, 7) is 1.55. The number of rotatable bonds is 4. The number of nitrogens with zero attached hydrogens (tertiary/aromatic N) is 2. The summed E-state index contributed by atoms with van der Waals surface area (Å²) in [6, 6.07) is 18.0. The van der Waals surface area contributed by atoms with Crippen LogP contribution in [0.5, 0.6) is 0 Å².